The van der Waals surface area contributed by atoms with Gasteiger partial charge in [0, 0.05) is 0 Å². The lowest BCUT2D eigenvalue weighted by atomic mass is 10.1. The largest absolute Gasteiger partial charge is 0.280 e. The Morgan fingerprint density at radius 1 is 0.880 bits per heavy atom. The fraction of sp³-hybridized carbons (Fsp3) is 0.0588. The molecule has 0 N–H and O–H groups in total. The van der Waals surface area contributed by atoms with Crippen LogP contribution in [0, 0.1) is 29.1 Å². The SMILES string of the molecule is CC1=NN(c2c(F)c(F)c(F)c(F)c2F)C(=O)/C1=C/c1ccccc1. The van der Waals surface area contributed by atoms with Crippen LogP contribution in [0.2, 0.25) is 0 Å². The van der Waals surface area contributed by atoms with E-state index >= 15 is 0 Å². The molecule has 0 fully saturated rings. The lowest BCUT2D eigenvalue weighted by Gasteiger charge is -2.15. The lowest BCUT2D eigenvalue weighted by Crippen LogP contribution is -2.25. The van der Waals surface area contributed by atoms with Crippen molar-refractivity contribution in [1.82, 2.24) is 0 Å². The van der Waals surface area contributed by atoms with Crippen LogP contribution >= 0.6 is 0 Å². The third kappa shape index (κ3) is 2.69. The van der Waals surface area contributed by atoms with Gasteiger partial charge in [0.2, 0.25) is 5.82 Å². The predicted octanol–water partition coefficient (Wildman–Crippen LogP) is 4.19. The highest BCUT2D eigenvalue weighted by atomic mass is 19.2. The number of hydrogen-bond acceptors (Lipinski definition) is 2. The summed E-state index contributed by atoms with van der Waals surface area (Å²) in [7, 11) is 0. The van der Waals surface area contributed by atoms with Crippen LogP contribution in [0.25, 0.3) is 6.08 Å². The van der Waals surface area contributed by atoms with Crippen molar-refractivity contribution in [2.75, 3.05) is 5.01 Å². The van der Waals surface area contributed by atoms with Crippen LogP contribution in [0.1, 0.15) is 12.5 Å². The number of hydrazone groups is 1. The molecule has 0 spiro atoms. The summed E-state index contributed by atoms with van der Waals surface area (Å²) in [5, 5.41) is 3.83. The Hall–Kier alpha value is -3.03. The fourth-order valence-electron chi connectivity index (χ4n) is 2.33. The van der Waals surface area contributed by atoms with Crippen molar-refractivity contribution in [3.05, 3.63) is 70.6 Å². The maximum absolute atomic E-state index is 13.9. The summed E-state index contributed by atoms with van der Waals surface area (Å²) in [5.41, 5.74) is -0.732. The van der Waals surface area contributed by atoms with Gasteiger partial charge >= 0.3 is 0 Å². The van der Waals surface area contributed by atoms with Crippen molar-refractivity contribution in [1.29, 1.82) is 0 Å². The number of carbonyl (C=O) groups is 1. The zero-order chi connectivity index (χ0) is 18.3. The number of nitrogens with zero attached hydrogens (tertiary/aromatic N) is 2. The number of benzene rings is 2. The third-order valence-corrected chi connectivity index (χ3v) is 3.57. The van der Waals surface area contributed by atoms with Crippen LogP contribution in [0.15, 0.2) is 41.0 Å². The third-order valence-electron chi connectivity index (χ3n) is 3.57. The molecular formula is C17H9F5N2O. The molecule has 1 aliphatic rings. The molecule has 1 aliphatic heterocycles. The Balaban J connectivity index is 2.11. The maximum Gasteiger partial charge on any atom is 0.280 e. The van der Waals surface area contributed by atoms with E-state index in [0.717, 1.165) is 0 Å². The van der Waals surface area contributed by atoms with Crippen molar-refractivity contribution in [2.45, 2.75) is 6.92 Å². The van der Waals surface area contributed by atoms with Gasteiger partial charge in [-0.2, -0.15) is 10.1 Å². The lowest BCUT2D eigenvalue weighted by molar-refractivity contribution is -0.114. The normalized spacial score (nSPS) is 15.9. The van der Waals surface area contributed by atoms with Gasteiger partial charge in [-0.05, 0) is 18.6 Å². The molecule has 0 atom stereocenters. The Morgan fingerprint density at radius 3 is 1.96 bits per heavy atom. The fourth-order valence-corrected chi connectivity index (χ4v) is 2.33. The Kier molecular flexibility index (Phi) is 4.12. The Bertz CT molecular complexity index is 909. The van der Waals surface area contributed by atoms with E-state index in [1.165, 1.54) is 13.0 Å². The molecule has 1 heterocycles. The molecule has 0 aliphatic carbocycles. The minimum absolute atomic E-state index is 0.0184. The van der Waals surface area contributed by atoms with E-state index in [9.17, 15) is 26.7 Å². The molecule has 0 saturated carbocycles. The zero-order valence-corrected chi connectivity index (χ0v) is 12.7. The molecule has 0 radical (unpaired) electrons. The second kappa shape index (κ2) is 6.12. The summed E-state index contributed by atoms with van der Waals surface area (Å²) in [6.07, 6.45) is 1.41. The molecule has 0 aromatic heterocycles. The number of anilines is 1. The summed E-state index contributed by atoms with van der Waals surface area (Å²) in [6, 6.07) is 8.52. The van der Waals surface area contributed by atoms with Gasteiger partial charge in [0.15, 0.2) is 23.3 Å². The highest BCUT2D eigenvalue weighted by Gasteiger charge is 2.36. The molecule has 8 heteroatoms. The van der Waals surface area contributed by atoms with Gasteiger partial charge in [0.1, 0.15) is 5.69 Å². The minimum atomic E-state index is -2.30. The van der Waals surface area contributed by atoms with Gasteiger partial charge in [-0.1, -0.05) is 30.3 Å². The van der Waals surface area contributed by atoms with Gasteiger partial charge < -0.3 is 0 Å². The maximum atomic E-state index is 13.9. The first-order valence-corrected chi connectivity index (χ1v) is 7.01. The minimum Gasteiger partial charge on any atom is -0.267 e. The van der Waals surface area contributed by atoms with Crippen LogP contribution in [-0.2, 0) is 4.79 Å². The molecule has 2 aromatic rings. The van der Waals surface area contributed by atoms with E-state index in [1.54, 1.807) is 30.3 Å². The number of hydrogen-bond donors (Lipinski definition) is 0. The first kappa shape index (κ1) is 16.8. The van der Waals surface area contributed by atoms with E-state index in [1.807, 2.05) is 0 Å². The molecule has 0 saturated heterocycles. The van der Waals surface area contributed by atoms with Crippen molar-refractivity contribution < 1.29 is 26.7 Å². The van der Waals surface area contributed by atoms with E-state index in [0.29, 0.717) is 5.56 Å². The number of rotatable bonds is 2. The Labute approximate surface area is 138 Å². The smallest absolute Gasteiger partial charge is 0.267 e. The molecule has 0 bridgehead atoms. The summed E-state index contributed by atoms with van der Waals surface area (Å²) in [5.74, 6) is -11.8. The summed E-state index contributed by atoms with van der Waals surface area (Å²) in [4.78, 5) is 12.4. The average Bonchev–Trinajstić information content (AvgIpc) is 2.87. The summed E-state index contributed by atoms with van der Waals surface area (Å²) in [6.45, 7) is 1.39. The Morgan fingerprint density at radius 2 is 1.40 bits per heavy atom. The molecule has 0 unspecified atom stereocenters. The number of halogens is 5. The van der Waals surface area contributed by atoms with Crippen LogP contribution in [0.4, 0.5) is 27.6 Å². The monoisotopic (exact) mass is 352 g/mol. The predicted molar refractivity (Wildman–Crippen MR) is 81.2 cm³/mol. The van der Waals surface area contributed by atoms with E-state index < -0.39 is 40.7 Å². The van der Waals surface area contributed by atoms with Gasteiger partial charge in [-0.15, -0.1) is 0 Å². The second-order valence-corrected chi connectivity index (χ2v) is 5.19. The van der Waals surface area contributed by atoms with Crippen molar-refractivity contribution in [2.24, 2.45) is 5.10 Å². The van der Waals surface area contributed by atoms with Crippen LogP contribution in [0.5, 0.6) is 0 Å². The van der Waals surface area contributed by atoms with Crippen LogP contribution < -0.4 is 5.01 Å². The molecular weight excluding hydrogens is 343 g/mol. The van der Waals surface area contributed by atoms with Gasteiger partial charge in [-0.25, -0.2) is 22.0 Å². The molecule has 3 rings (SSSR count). The zero-order valence-electron chi connectivity index (χ0n) is 12.7. The molecule has 1 amide bonds. The van der Waals surface area contributed by atoms with Gasteiger partial charge in [-0.3, -0.25) is 4.79 Å². The standard InChI is InChI=1S/C17H9F5N2O/c1-8-10(7-9-5-3-2-4-6-9)17(25)24(23-8)16-14(21)12(19)11(18)13(20)15(16)22/h2-7H,1H3/b10-7+. The molecule has 25 heavy (non-hydrogen) atoms. The van der Waals surface area contributed by atoms with E-state index in [2.05, 4.69) is 5.10 Å². The second-order valence-electron chi connectivity index (χ2n) is 5.19. The summed E-state index contributed by atoms with van der Waals surface area (Å²) >= 11 is 0. The van der Waals surface area contributed by atoms with Crippen LogP contribution in [-0.4, -0.2) is 11.6 Å². The first-order chi connectivity index (χ1) is 11.8. The van der Waals surface area contributed by atoms with Crippen molar-refractivity contribution in [3.8, 4) is 0 Å². The van der Waals surface area contributed by atoms with E-state index in [-0.39, 0.29) is 16.3 Å². The van der Waals surface area contributed by atoms with Crippen LogP contribution in [0.3, 0.4) is 0 Å². The summed E-state index contributed by atoms with van der Waals surface area (Å²) < 4.78 is 67.7. The topological polar surface area (TPSA) is 32.7 Å². The highest BCUT2D eigenvalue weighted by Crippen LogP contribution is 2.33. The van der Waals surface area contributed by atoms with E-state index in [4.69, 9.17) is 0 Å². The van der Waals surface area contributed by atoms with Crippen molar-refractivity contribution in [3.63, 3.8) is 0 Å². The van der Waals surface area contributed by atoms with Gasteiger partial charge in [0.05, 0.1) is 11.3 Å². The highest BCUT2D eigenvalue weighted by molar-refractivity contribution is 6.32. The molecule has 3 nitrogen and oxygen atoms in total. The first-order valence-electron chi connectivity index (χ1n) is 7.01. The number of amides is 1. The average molecular weight is 352 g/mol. The molecule has 2 aromatic carbocycles. The van der Waals surface area contributed by atoms with Crippen molar-refractivity contribution >= 4 is 23.4 Å². The quantitative estimate of drug-likeness (QED) is 0.345. The molecule has 128 valence electrons. The van der Waals surface area contributed by atoms with Gasteiger partial charge in [0.25, 0.3) is 5.91 Å². The number of carbonyl (C=O) groups excluding carboxylic acids is 1.